The summed E-state index contributed by atoms with van der Waals surface area (Å²) in [4.78, 5) is 25.9. The zero-order valence-electron chi connectivity index (χ0n) is 21.3. The second kappa shape index (κ2) is 12.6. The smallest absolute Gasteiger partial charge is 0.287 e. The first-order valence-corrected chi connectivity index (χ1v) is 12.6. The third kappa shape index (κ3) is 6.94. The van der Waals surface area contributed by atoms with E-state index in [1.807, 2.05) is 0 Å². The highest BCUT2D eigenvalue weighted by molar-refractivity contribution is 6.32. The number of fused-ring (bicyclic) bond motifs is 1. The van der Waals surface area contributed by atoms with Gasteiger partial charge in [-0.1, -0.05) is 48.0 Å². The number of phenolic OH excluding ortho intramolecular Hbond substituents is 1. The molecule has 1 aliphatic rings. The number of ether oxygens (including phenoxy) is 2. The molecule has 2 amide bonds. The molecule has 4 aromatic rings. The molecule has 0 atom stereocenters. The molecule has 0 aromatic heterocycles. The number of rotatable bonds is 8. The van der Waals surface area contributed by atoms with Crippen molar-refractivity contribution in [2.24, 2.45) is 15.3 Å². The van der Waals surface area contributed by atoms with Gasteiger partial charge in [0, 0.05) is 11.1 Å². The number of nitrogens with one attached hydrogen (secondary N) is 2. The fourth-order valence-electron chi connectivity index (χ4n) is 3.68. The Labute approximate surface area is 239 Å². The van der Waals surface area contributed by atoms with E-state index in [0.29, 0.717) is 39.0 Å². The number of aromatic hydroxyl groups is 1. The van der Waals surface area contributed by atoms with Crippen molar-refractivity contribution < 1.29 is 24.2 Å². The molecule has 1 heterocycles. The maximum absolute atomic E-state index is 13.1. The Morgan fingerprint density at radius 1 is 0.878 bits per heavy atom. The van der Waals surface area contributed by atoms with Gasteiger partial charge >= 0.3 is 0 Å². The normalized spacial score (nSPS) is 12.6. The SMILES string of the molecule is O=C(N/N=C\c1cc(N=Nc2ccccc2Cl)ccc1O)/C(=C/c1ccc2c(c1)OCO2)NC(=O)c1ccccc1. The van der Waals surface area contributed by atoms with Crippen molar-refractivity contribution in [2.75, 3.05) is 6.79 Å². The molecule has 0 saturated heterocycles. The van der Waals surface area contributed by atoms with E-state index in [1.54, 1.807) is 78.9 Å². The van der Waals surface area contributed by atoms with Crippen LogP contribution in [0.25, 0.3) is 6.08 Å². The van der Waals surface area contributed by atoms with Crippen LogP contribution in [-0.4, -0.2) is 29.9 Å². The van der Waals surface area contributed by atoms with Crippen LogP contribution in [0.15, 0.2) is 112 Å². The second-order valence-electron chi connectivity index (χ2n) is 8.58. The van der Waals surface area contributed by atoms with Crippen LogP contribution in [0.1, 0.15) is 21.5 Å². The molecule has 10 nitrogen and oxygen atoms in total. The summed E-state index contributed by atoms with van der Waals surface area (Å²) in [5, 5.41) is 25.6. The van der Waals surface area contributed by atoms with Crippen LogP contribution in [0.4, 0.5) is 11.4 Å². The van der Waals surface area contributed by atoms with Crippen molar-refractivity contribution >= 4 is 47.1 Å². The number of hydrogen-bond donors (Lipinski definition) is 3. The lowest BCUT2D eigenvalue weighted by Gasteiger charge is -2.09. The molecule has 0 spiro atoms. The van der Waals surface area contributed by atoms with E-state index < -0.39 is 11.8 Å². The van der Waals surface area contributed by atoms with E-state index in [9.17, 15) is 14.7 Å². The summed E-state index contributed by atoms with van der Waals surface area (Å²) in [5.74, 6) is -0.163. The summed E-state index contributed by atoms with van der Waals surface area (Å²) in [5.41, 5.74) is 4.46. The molecule has 41 heavy (non-hydrogen) atoms. The maximum Gasteiger partial charge on any atom is 0.287 e. The van der Waals surface area contributed by atoms with Gasteiger partial charge in [-0.05, 0) is 66.2 Å². The van der Waals surface area contributed by atoms with Gasteiger partial charge in [0.2, 0.25) is 6.79 Å². The van der Waals surface area contributed by atoms with Gasteiger partial charge in [-0.15, -0.1) is 5.11 Å². The standard InChI is InChI=1S/C30H22ClN5O5/c31-23-8-4-5-9-24(23)35-34-22-11-12-26(37)21(16-22)17-32-36-30(39)25(33-29(38)20-6-2-1-3-7-20)14-19-10-13-27-28(15-19)41-18-40-27/h1-17,37H,18H2,(H,33,38)(H,36,39)/b25-14-,32-17-,35-34?. The number of azo groups is 1. The molecule has 0 radical (unpaired) electrons. The summed E-state index contributed by atoms with van der Waals surface area (Å²) < 4.78 is 10.7. The van der Waals surface area contributed by atoms with Gasteiger partial charge < -0.3 is 19.9 Å². The van der Waals surface area contributed by atoms with E-state index in [1.165, 1.54) is 24.4 Å². The molecule has 204 valence electrons. The molecule has 0 unspecified atom stereocenters. The van der Waals surface area contributed by atoms with E-state index in [2.05, 4.69) is 26.1 Å². The molecule has 3 N–H and O–H groups in total. The average molecular weight is 568 g/mol. The van der Waals surface area contributed by atoms with Crippen molar-refractivity contribution in [3.05, 3.63) is 118 Å². The summed E-state index contributed by atoms with van der Waals surface area (Å²) >= 11 is 6.12. The first kappa shape index (κ1) is 27.1. The molecule has 0 aliphatic carbocycles. The summed E-state index contributed by atoms with van der Waals surface area (Å²) in [6.07, 6.45) is 2.74. The Hall–Kier alpha value is -5.48. The van der Waals surface area contributed by atoms with Crippen molar-refractivity contribution in [2.45, 2.75) is 0 Å². The third-order valence-corrected chi connectivity index (χ3v) is 6.06. The molecular formula is C30H22ClN5O5. The maximum atomic E-state index is 13.1. The number of amides is 2. The van der Waals surface area contributed by atoms with Crippen LogP contribution in [0.2, 0.25) is 5.02 Å². The number of carbonyl (C=O) groups is 2. The number of hydrogen-bond acceptors (Lipinski definition) is 8. The minimum atomic E-state index is -0.697. The fraction of sp³-hybridized carbons (Fsp3) is 0.0333. The van der Waals surface area contributed by atoms with Crippen LogP contribution in [-0.2, 0) is 4.79 Å². The quantitative estimate of drug-likeness (QED) is 0.102. The topological polar surface area (TPSA) is 134 Å². The zero-order chi connectivity index (χ0) is 28.6. The highest BCUT2D eigenvalue weighted by Gasteiger charge is 2.17. The molecule has 11 heteroatoms. The third-order valence-electron chi connectivity index (χ3n) is 5.74. The minimum Gasteiger partial charge on any atom is -0.507 e. The largest absolute Gasteiger partial charge is 0.507 e. The van der Waals surface area contributed by atoms with Gasteiger partial charge in [-0.3, -0.25) is 9.59 Å². The first-order chi connectivity index (χ1) is 20.0. The minimum absolute atomic E-state index is 0.0682. The highest BCUT2D eigenvalue weighted by Crippen LogP contribution is 2.33. The molecular weight excluding hydrogens is 546 g/mol. The Kier molecular flexibility index (Phi) is 8.32. The molecule has 0 fully saturated rings. The van der Waals surface area contributed by atoms with Gasteiger partial charge in [-0.25, -0.2) is 5.43 Å². The number of nitrogens with zero attached hydrogens (tertiary/aromatic N) is 3. The number of halogens is 1. The Balaban J connectivity index is 1.34. The van der Waals surface area contributed by atoms with Crippen LogP contribution < -0.4 is 20.2 Å². The van der Waals surface area contributed by atoms with E-state index in [-0.39, 0.29) is 23.8 Å². The van der Waals surface area contributed by atoms with Crippen molar-refractivity contribution in [1.29, 1.82) is 0 Å². The van der Waals surface area contributed by atoms with Crippen LogP contribution in [0.5, 0.6) is 17.2 Å². The Bertz CT molecular complexity index is 1690. The average Bonchev–Trinajstić information content (AvgIpc) is 3.46. The lowest BCUT2D eigenvalue weighted by molar-refractivity contribution is -0.117. The molecule has 0 saturated carbocycles. The molecule has 5 rings (SSSR count). The summed E-state index contributed by atoms with van der Waals surface area (Å²) in [6, 6.07) is 25.1. The van der Waals surface area contributed by atoms with E-state index >= 15 is 0 Å². The summed E-state index contributed by atoms with van der Waals surface area (Å²) in [7, 11) is 0. The number of carbonyl (C=O) groups excluding carboxylic acids is 2. The van der Waals surface area contributed by atoms with Crippen molar-refractivity contribution in [3.8, 4) is 17.2 Å². The van der Waals surface area contributed by atoms with Crippen molar-refractivity contribution in [3.63, 3.8) is 0 Å². The second-order valence-corrected chi connectivity index (χ2v) is 8.99. The number of hydrazone groups is 1. The van der Waals surface area contributed by atoms with Crippen LogP contribution in [0, 0.1) is 0 Å². The lowest BCUT2D eigenvalue weighted by atomic mass is 10.1. The molecule has 0 bridgehead atoms. The van der Waals surface area contributed by atoms with E-state index in [0.717, 1.165) is 0 Å². The summed E-state index contributed by atoms with van der Waals surface area (Å²) in [6.45, 7) is 0.102. The molecule has 1 aliphatic heterocycles. The first-order valence-electron chi connectivity index (χ1n) is 12.3. The van der Waals surface area contributed by atoms with Crippen molar-refractivity contribution in [1.82, 2.24) is 10.7 Å². The van der Waals surface area contributed by atoms with Gasteiger partial charge in [0.15, 0.2) is 11.5 Å². The van der Waals surface area contributed by atoms with Crippen LogP contribution >= 0.6 is 11.6 Å². The fourth-order valence-corrected chi connectivity index (χ4v) is 3.86. The number of benzene rings is 4. The lowest BCUT2D eigenvalue weighted by Crippen LogP contribution is -2.32. The van der Waals surface area contributed by atoms with E-state index in [4.69, 9.17) is 21.1 Å². The Morgan fingerprint density at radius 2 is 1.66 bits per heavy atom. The van der Waals surface area contributed by atoms with Gasteiger partial charge in [-0.2, -0.15) is 10.2 Å². The number of phenols is 1. The van der Waals surface area contributed by atoms with Crippen LogP contribution in [0.3, 0.4) is 0 Å². The van der Waals surface area contributed by atoms with Gasteiger partial charge in [0.25, 0.3) is 11.8 Å². The zero-order valence-corrected chi connectivity index (χ0v) is 22.1. The van der Waals surface area contributed by atoms with Gasteiger partial charge in [0.05, 0.1) is 16.9 Å². The molecule has 4 aromatic carbocycles. The predicted molar refractivity (Wildman–Crippen MR) is 154 cm³/mol. The highest BCUT2D eigenvalue weighted by atomic mass is 35.5. The van der Waals surface area contributed by atoms with Gasteiger partial charge in [0.1, 0.15) is 17.1 Å². The Morgan fingerprint density at radius 3 is 2.49 bits per heavy atom. The predicted octanol–water partition coefficient (Wildman–Crippen LogP) is 6.11. The monoisotopic (exact) mass is 567 g/mol.